The van der Waals surface area contributed by atoms with Crippen LogP contribution in [0.3, 0.4) is 0 Å². The number of nitrogens with one attached hydrogen (secondary N) is 3. The largest absolute Gasteiger partial charge is 0.370 e. The Labute approximate surface area is 181 Å². The van der Waals surface area contributed by atoms with Crippen LogP contribution in [-0.2, 0) is 4.79 Å². The molecule has 5 N–H and O–H groups in total. The number of carbonyl (C=O) groups excluding carboxylic acids is 2. The van der Waals surface area contributed by atoms with Crippen LogP contribution in [0.5, 0.6) is 0 Å². The van der Waals surface area contributed by atoms with Gasteiger partial charge < -0.3 is 16.0 Å². The quantitative estimate of drug-likeness (QED) is 0.279. The molecule has 11 heteroatoms. The van der Waals surface area contributed by atoms with E-state index in [0.29, 0.717) is 29.2 Å². The van der Waals surface area contributed by atoms with Crippen molar-refractivity contribution >= 4 is 34.2 Å². The second-order valence-corrected chi connectivity index (χ2v) is 8.06. The number of fused-ring (bicyclic) bond motifs is 1. The van der Waals surface area contributed by atoms with Crippen molar-refractivity contribution in [1.82, 2.24) is 35.5 Å². The van der Waals surface area contributed by atoms with E-state index in [0.717, 1.165) is 35.9 Å². The highest BCUT2D eigenvalue weighted by Gasteiger charge is 2.20. The molecule has 4 aromatic heterocycles. The topological polar surface area (TPSA) is 155 Å². The van der Waals surface area contributed by atoms with Gasteiger partial charge in [-0.15, -0.1) is 11.3 Å². The first-order chi connectivity index (χ1) is 15.1. The Hall–Kier alpha value is -3.60. The molecular formula is C20H22N8O2S. The van der Waals surface area contributed by atoms with Crippen LogP contribution in [0.25, 0.3) is 22.3 Å². The third-order valence-electron chi connectivity index (χ3n) is 4.91. The molecule has 0 fully saturated rings. The van der Waals surface area contributed by atoms with E-state index >= 15 is 0 Å². The lowest BCUT2D eigenvalue weighted by atomic mass is 10.1. The smallest absolute Gasteiger partial charge is 0.263 e. The minimum Gasteiger partial charge on any atom is -0.370 e. The van der Waals surface area contributed by atoms with E-state index in [4.69, 9.17) is 5.73 Å². The molecule has 0 aromatic carbocycles. The maximum absolute atomic E-state index is 12.6. The number of aromatic nitrogens is 6. The van der Waals surface area contributed by atoms with Crippen LogP contribution in [0.1, 0.15) is 53.6 Å². The van der Waals surface area contributed by atoms with Crippen LogP contribution in [0.2, 0.25) is 0 Å². The molecule has 0 aliphatic carbocycles. The monoisotopic (exact) mass is 438 g/mol. The van der Waals surface area contributed by atoms with Crippen molar-refractivity contribution in [3.05, 3.63) is 47.1 Å². The van der Waals surface area contributed by atoms with Crippen molar-refractivity contribution in [2.75, 3.05) is 0 Å². The molecule has 10 nitrogen and oxygen atoms in total. The van der Waals surface area contributed by atoms with E-state index in [2.05, 4.69) is 35.5 Å². The van der Waals surface area contributed by atoms with Gasteiger partial charge in [0.2, 0.25) is 5.91 Å². The minimum atomic E-state index is -0.303. The summed E-state index contributed by atoms with van der Waals surface area (Å²) in [5.74, 6) is 0.174. The lowest BCUT2D eigenvalue weighted by Crippen LogP contribution is -2.28. The number of rotatable bonds is 10. The van der Waals surface area contributed by atoms with Crippen molar-refractivity contribution in [2.45, 2.75) is 38.1 Å². The number of hydrogen-bond acceptors (Lipinski definition) is 7. The second kappa shape index (κ2) is 9.47. The average Bonchev–Trinajstić information content (AvgIpc) is 3.53. The number of H-pyrrole nitrogens is 2. The molecule has 160 valence electrons. The lowest BCUT2D eigenvalue weighted by Gasteiger charge is -2.16. The Morgan fingerprint density at radius 3 is 2.84 bits per heavy atom. The summed E-state index contributed by atoms with van der Waals surface area (Å²) in [6.07, 6.45) is 10.2. The number of nitrogens with zero attached hydrogens (tertiary/aromatic N) is 4. The van der Waals surface area contributed by atoms with Crippen LogP contribution in [0.15, 0.2) is 36.4 Å². The average molecular weight is 439 g/mol. The zero-order chi connectivity index (χ0) is 21.6. The molecule has 0 radical (unpaired) electrons. The SMILES string of the molecule is NC(=O)CCCCC[C@H](NC(=O)c1cncs1)c1ncc(-c2cnc3[nH]ncc3c2)[nH]1. The van der Waals surface area contributed by atoms with Gasteiger partial charge in [0.15, 0.2) is 5.65 Å². The predicted octanol–water partition coefficient (Wildman–Crippen LogP) is 2.71. The number of hydrogen-bond donors (Lipinski definition) is 4. The Morgan fingerprint density at radius 1 is 1.13 bits per heavy atom. The highest BCUT2D eigenvalue weighted by Crippen LogP contribution is 2.24. The van der Waals surface area contributed by atoms with Crippen molar-refractivity contribution in [3.8, 4) is 11.3 Å². The zero-order valence-corrected chi connectivity index (χ0v) is 17.5. The van der Waals surface area contributed by atoms with Gasteiger partial charge in [0.1, 0.15) is 10.7 Å². The summed E-state index contributed by atoms with van der Waals surface area (Å²) in [5, 5.41) is 10.8. The van der Waals surface area contributed by atoms with Gasteiger partial charge in [-0.2, -0.15) is 5.10 Å². The van der Waals surface area contributed by atoms with Gasteiger partial charge in [-0.05, 0) is 18.9 Å². The Kier molecular flexibility index (Phi) is 6.32. The summed E-state index contributed by atoms with van der Waals surface area (Å²) in [5.41, 5.74) is 9.22. The fraction of sp³-hybridized carbons (Fsp3) is 0.300. The number of imidazole rings is 1. The molecule has 0 unspecified atom stereocenters. The molecule has 4 aromatic rings. The maximum atomic E-state index is 12.6. The number of unbranched alkanes of at least 4 members (excludes halogenated alkanes) is 2. The summed E-state index contributed by atoms with van der Waals surface area (Å²) >= 11 is 1.29. The summed E-state index contributed by atoms with van der Waals surface area (Å²) in [4.78, 5) is 40.2. The Morgan fingerprint density at radius 2 is 2.03 bits per heavy atom. The van der Waals surface area contributed by atoms with Crippen LogP contribution >= 0.6 is 11.3 Å². The third kappa shape index (κ3) is 5.12. The van der Waals surface area contributed by atoms with Crippen LogP contribution < -0.4 is 11.1 Å². The van der Waals surface area contributed by atoms with E-state index in [1.54, 1.807) is 30.3 Å². The molecule has 0 saturated heterocycles. The number of amides is 2. The molecule has 0 aliphatic rings. The second-order valence-electron chi connectivity index (χ2n) is 7.17. The van der Waals surface area contributed by atoms with E-state index in [1.807, 2.05) is 6.07 Å². The molecule has 4 heterocycles. The van der Waals surface area contributed by atoms with Gasteiger partial charge >= 0.3 is 0 Å². The first-order valence-corrected chi connectivity index (χ1v) is 10.8. The number of nitrogens with two attached hydrogens (primary N) is 1. The molecule has 31 heavy (non-hydrogen) atoms. The lowest BCUT2D eigenvalue weighted by molar-refractivity contribution is -0.118. The van der Waals surface area contributed by atoms with Crippen molar-refractivity contribution < 1.29 is 9.59 Å². The van der Waals surface area contributed by atoms with Crippen LogP contribution in [0, 0.1) is 0 Å². The van der Waals surface area contributed by atoms with Crippen molar-refractivity contribution in [1.29, 1.82) is 0 Å². The van der Waals surface area contributed by atoms with E-state index in [-0.39, 0.29) is 17.9 Å². The molecular weight excluding hydrogens is 416 g/mol. The normalized spacial score (nSPS) is 12.1. The van der Waals surface area contributed by atoms with Gasteiger partial charge in [-0.25, -0.2) is 9.97 Å². The fourth-order valence-electron chi connectivity index (χ4n) is 3.30. The van der Waals surface area contributed by atoms with E-state index in [1.165, 1.54) is 11.3 Å². The van der Waals surface area contributed by atoms with Gasteiger partial charge in [0.25, 0.3) is 5.91 Å². The molecule has 1 atom stereocenters. The summed E-state index contributed by atoms with van der Waals surface area (Å²) in [6, 6.07) is 1.67. The first kappa shape index (κ1) is 20.7. The maximum Gasteiger partial charge on any atom is 0.263 e. The van der Waals surface area contributed by atoms with Crippen molar-refractivity contribution in [3.63, 3.8) is 0 Å². The van der Waals surface area contributed by atoms with Gasteiger partial charge in [-0.1, -0.05) is 12.8 Å². The summed E-state index contributed by atoms with van der Waals surface area (Å²) in [7, 11) is 0. The standard InChI is InChI=1S/C20H22N8O2S/c21-17(29)5-3-1-2-4-14(27-20(30)16-10-22-11-31-16)19-24-9-15(26-19)12-6-13-8-25-28-18(13)23-7-12/h6-11,14H,1-5H2,(H2,21,29)(H,24,26)(H,27,30)(H,23,25,28)/t14-/m0/s1. The number of primary amides is 1. The molecule has 0 saturated carbocycles. The summed E-state index contributed by atoms with van der Waals surface area (Å²) < 4.78 is 0. The van der Waals surface area contributed by atoms with Gasteiger partial charge in [0.05, 0.1) is 35.8 Å². The minimum absolute atomic E-state index is 0.191. The van der Waals surface area contributed by atoms with Crippen molar-refractivity contribution in [2.24, 2.45) is 5.73 Å². The molecule has 0 spiro atoms. The Balaban J connectivity index is 1.49. The van der Waals surface area contributed by atoms with Crippen LogP contribution in [0.4, 0.5) is 0 Å². The number of thiazole rings is 1. The van der Waals surface area contributed by atoms with Gasteiger partial charge in [-0.3, -0.25) is 19.7 Å². The highest BCUT2D eigenvalue weighted by atomic mass is 32.1. The molecule has 0 bridgehead atoms. The molecule has 2 amide bonds. The Bertz CT molecular complexity index is 1170. The predicted molar refractivity (Wildman–Crippen MR) is 116 cm³/mol. The van der Waals surface area contributed by atoms with Gasteiger partial charge in [0, 0.05) is 23.6 Å². The fourth-order valence-corrected chi connectivity index (χ4v) is 3.83. The number of aromatic amines is 2. The zero-order valence-electron chi connectivity index (χ0n) is 16.7. The highest BCUT2D eigenvalue weighted by molar-refractivity contribution is 7.11. The molecule has 0 aliphatic heterocycles. The summed E-state index contributed by atoms with van der Waals surface area (Å²) in [6.45, 7) is 0. The number of pyridine rings is 1. The molecule has 4 rings (SSSR count). The van der Waals surface area contributed by atoms with Crippen LogP contribution in [-0.4, -0.2) is 41.9 Å². The first-order valence-electron chi connectivity index (χ1n) is 9.92. The van der Waals surface area contributed by atoms with E-state index < -0.39 is 0 Å². The third-order valence-corrected chi connectivity index (χ3v) is 5.68. The van der Waals surface area contributed by atoms with E-state index in [9.17, 15) is 9.59 Å². The number of carbonyl (C=O) groups is 2.